The van der Waals surface area contributed by atoms with Crippen molar-refractivity contribution in [3.8, 4) is 11.1 Å². The summed E-state index contributed by atoms with van der Waals surface area (Å²) >= 11 is 0. The molecule has 0 aliphatic rings. The Labute approximate surface area is 204 Å². The van der Waals surface area contributed by atoms with Crippen molar-refractivity contribution in [1.82, 2.24) is 4.98 Å². The molecule has 0 fully saturated rings. The number of nitrogen functional groups attached to an aromatic ring is 1. The van der Waals surface area contributed by atoms with Gasteiger partial charge in [0.25, 0.3) is 11.5 Å². The summed E-state index contributed by atoms with van der Waals surface area (Å²) in [6.07, 6.45) is 0. The number of hydrogen-bond donors (Lipinski definition) is 4. The number of rotatable bonds is 5. The van der Waals surface area contributed by atoms with E-state index in [1.807, 2.05) is 0 Å². The Morgan fingerprint density at radius 1 is 1.03 bits per heavy atom. The number of sulfonamides is 1. The predicted molar refractivity (Wildman–Crippen MR) is 135 cm³/mol. The SMILES string of the molecule is C/C(=C(\F)C(=O)Nc1ccc(-c2ccccc2S(N)(=O)=O)cc1F)c1ccc2cc(N)[nH]c(=O)c2c1. The van der Waals surface area contributed by atoms with Crippen molar-refractivity contribution in [2.75, 3.05) is 11.1 Å². The van der Waals surface area contributed by atoms with Crippen LogP contribution in [0.2, 0.25) is 0 Å². The first-order chi connectivity index (χ1) is 17.0. The number of H-pyrrole nitrogens is 1. The smallest absolute Gasteiger partial charge is 0.284 e. The van der Waals surface area contributed by atoms with Gasteiger partial charge in [0.05, 0.1) is 10.6 Å². The first kappa shape index (κ1) is 24.8. The van der Waals surface area contributed by atoms with E-state index in [1.165, 1.54) is 49.4 Å². The molecule has 8 nitrogen and oxygen atoms in total. The molecule has 3 aromatic carbocycles. The summed E-state index contributed by atoms with van der Waals surface area (Å²) < 4.78 is 53.4. The highest BCUT2D eigenvalue weighted by molar-refractivity contribution is 7.89. The van der Waals surface area contributed by atoms with Crippen LogP contribution in [0.4, 0.5) is 20.3 Å². The second kappa shape index (κ2) is 9.36. The van der Waals surface area contributed by atoms with Gasteiger partial charge in [-0.15, -0.1) is 0 Å². The van der Waals surface area contributed by atoms with Crippen LogP contribution in [0.3, 0.4) is 0 Å². The number of nitrogens with one attached hydrogen (secondary N) is 2. The third-order valence-electron chi connectivity index (χ3n) is 5.55. The van der Waals surface area contributed by atoms with Crippen molar-refractivity contribution in [3.05, 3.63) is 94.3 Å². The molecule has 0 spiro atoms. The summed E-state index contributed by atoms with van der Waals surface area (Å²) in [4.78, 5) is 26.9. The first-order valence-corrected chi connectivity index (χ1v) is 12.0. The number of pyridine rings is 1. The standard InChI is InChI=1S/C25H20F2N4O4S/c1-13(14-6-7-16-12-22(28)31-24(32)18(16)10-14)23(27)25(33)30-20-9-8-15(11-19(20)26)17-4-2-3-5-21(17)36(29,34)35/h2-12H,1H3,(H,30,33)(H3,28,31,32)(H2,29,34,35)/b23-13+. The molecule has 0 atom stereocenters. The van der Waals surface area contributed by atoms with E-state index in [0.29, 0.717) is 5.39 Å². The second-order valence-electron chi connectivity index (χ2n) is 7.98. The fourth-order valence-corrected chi connectivity index (χ4v) is 4.49. The molecule has 0 unspecified atom stereocenters. The van der Waals surface area contributed by atoms with E-state index in [1.54, 1.807) is 18.2 Å². The molecule has 4 aromatic rings. The Morgan fingerprint density at radius 3 is 2.44 bits per heavy atom. The molecule has 184 valence electrons. The maximum Gasteiger partial charge on any atom is 0.284 e. The van der Waals surface area contributed by atoms with Crippen molar-refractivity contribution < 1.29 is 22.0 Å². The van der Waals surface area contributed by atoms with Gasteiger partial charge in [-0.1, -0.05) is 36.4 Å². The Kier molecular flexibility index (Phi) is 6.44. The van der Waals surface area contributed by atoms with Gasteiger partial charge in [0.2, 0.25) is 10.0 Å². The summed E-state index contributed by atoms with van der Waals surface area (Å²) in [6.45, 7) is 1.35. The Morgan fingerprint density at radius 2 is 1.75 bits per heavy atom. The number of carbonyl (C=O) groups is 1. The molecule has 1 aromatic heterocycles. The van der Waals surface area contributed by atoms with Gasteiger partial charge in [0.15, 0.2) is 5.83 Å². The van der Waals surface area contributed by atoms with E-state index in [9.17, 15) is 26.8 Å². The number of hydrogen-bond acceptors (Lipinski definition) is 5. The molecule has 0 aliphatic carbocycles. The van der Waals surface area contributed by atoms with E-state index in [4.69, 9.17) is 10.9 Å². The highest BCUT2D eigenvalue weighted by atomic mass is 32.2. The molecule has 0 bridgehead atoms. The van der Waals surface area contributed by atoms with Crippen molar-refractivity contribution >= 4 is 43.8 Å². The molecule has 11 heteroatoms. The fourth-order valence-electron chi connectivity index (χ4n) is 3.73. The number of carbonyl (C=O) groups excluding carboxylic acids is 1. The van der Waals surface area contributed by atoms with Crippen molar-refractivity contribution in [2.45, 2.75) is 11.8 Å². The lowest BCUT2D eigenvalue weighted by Gasteiger charge is -2.11. The molecule has 4 rings (SSSR count). The summed E-state index contributed by atoms with van der Waals surface area (Å²) in [5.74, 6) is -3.11. The Hall–Kier alpha value is -4.35. The number of allylic oxidation sites excluding steroid dienone is 1. The van der Waals surface area contributed by atoms with Gasteiger partial charge in [-0.25, -0.2) is 22.3 Å². The van der Waals surface area contributed by atoms with Gasteiger partial charge in [-0.2, -0.15) is 0 Å². The van der Waals surface area contributed by atoms with E-state index in [2.05, 4.69) is 10.3 Å². The number of halogens is 2. The highest BCUT2D eigenvalue weighted by Gasteiger charge is 2.19. The summed E-state index contributed by atoms with van der Waals surface area (Å²) in [5.41, 5.74) is 5.43. The zero-order valence-corrected chi connectivity index (χ0v) is 19.6. The molecular formula is C25H20F2N4O4S. The number of anilines is 2. The van der Waals surface area contributed by atoms with E-state index < -0.39 is 33.1 Å². The number of aromatic amines is 1. The lowest BCUT2D eigenvalue weighted by Crippen LogP contribution is -2.15. The number of nitrogens with two attached hydrogens (primary N) is 2. The van der Waals surface area contributed by atoms with Gasteiger partial charge in [0, 0.05) is 10.9 Å². The van der Waals surface area contributed by atoms with Crippen LogP contribution in [-0.4, -0.2) is 19.3 Å². The lowest BCUT2D eigenvalue weighted by molar-refractivity contribution is -0.114. The normalized spacial score (nSPS) is 12.3. The number of amides is 1. The topological polar surface area (TPSA) is 148 Å². The molecule has 0 saturated carbocycles. The number of benzene rings is 3. The quantitative estimate of drug-likeness (QED) is 0.301. The number of primary sulfonamides is 1. The summed E-state index contributed by atoms with van der Waals surface area (Å²) in [7, 11) is -4.07. The third kappa shape index (κ3) is 4.88. The molecular weight excluding hydrogens is 490 g/mol. The van der Waals surface area contributed by atoms with Crippen LogP contribution in [-0.2, 0) is 14.8 Å². The minimum absolute atomic E-state index is 0.0651. The minimum Gasteiger partial charge on any atom is -0.385 e. The van der Waals surface area contributed by atoms with E-state index in [0.717, 1.165) is 6.07 Å². The van der Waals surface area contributed by atoms with Gasteiger partial charge >= 0.3 is 0 Å². The largest absolute Gasteiger partial charge is 0.385 e. The van der Waals surface area contributed by atoms with Gasteiger partial charge in [-0.3, -0.25) is 9.59 Å². The number of aromatic nitrogens is 1. The van der Waals surface area contributed by atoms with Crippen molar-refractivity contribution in [2.24, 2.45) is 5.14 Å². The van der Waals surface area contributed by atoms with Crippen LogP contribution in [0, 0.1) is 5.82 Å². The average Bonchev–Trinajstić information content (AvgIpc) is 2.83. The van der Waals surface area contributed by atoms with Crippen LogP contribution >= 0.6 is 0 Å². The summed E-state index contributed by atoms with van der Waals surface area (Å²) in [5, 5.41) is 8.20. The zero-order valence-electron chi connectivity index (χ0n) is 18.8. The molecule has 0 saturated heterocycles. The molecule has 0 aliphatic heterocycles. The van der Waals surface area contributed by atoms with Gasteiger partial charge < -0.3 is 16.0 Å². The van der Waals surface area contributed by atoms with E-state index in [-0.39, 0.29) is 44.1 Å². The second-order valence-corrected chi connectivity index (χ2v) is 9.51. The Bertz CT molecular complexity index is 1730. The molecule has 0 radical (unpaired) electrons. The monoisotopic (exact) mass is 510 g/mol. The van der Waals surface area contributed by atoms with Gasteiger partial charge in [-0.05, 0) is 59.3 Å². The van der Waals surface area contributed by atoms with E-state index >= 15 is 0 Å². The molecule has 36 heavy (non-hydrogen) atoms. The average molecular weight is 511 g/mol. The fraction of sp³-hybridized carbons (Fsp3) is 0.0400. The molecule has 1 amide bonds. The molecule has 6 N–H and O–H groups in total. The van der Waals surface area contributed by atoms with Gasteiger partial charge in [0.1, 0.15) is 11.6 Å². The summed E-state index contributed by atoms with van der Waals surface area (Å²) in [6, 6.07) is 15.4. The maximum atomic E-state index is 14.9. The van der Waals surface area contributed by atoms with Crippen LogP contribution < -0.4 is 21.7 Å². The zero-order chi connectivity index (χ0) is 26.2. The predicted octanol–water partition coefficient (Wildman–Crippen LogP) is 3.90. The lowest BCUT2D eigenvalue weighted by atomic mass is 10.0. The van der Waals surface area contributed by atoms with Crippen LogP contribution in [0.1, 0.15) is 12.5 Å². The number of fused-ring (bicyclic) bond motifs is 1. The van der Waals surface area contributed by atoms with Crippen molar-refractivity contribution in [1.29, 1.82) is 0 Å². The van der Waals surface area contributed by atoms with Crippen LogP contribution in [0.5, 0.6) is 0 Å². The maximum absolute atomic E-state index is 14.9. The first-order valence-electron chi connectivity index (χ1n) is 10.5. The Balaban J connectivity index is 1.63. The van der Waals surface area contributed by atoms with Crippen molar-refractivity contribution in [3.63, 3.8) is 0 Å². The minimum atomic E-state index is -4.07. The third-order valence-corrected chi connectivity index (χ3v) is 6.52. The highest BCUT2D eigenvalue weighted by Crippen LogP contribution is 2.30. The molecule has 1 heterocycles. The van der Waals surface area contributed by atoms with Crippen LogP contribution in [0.25, 0.3) is 27.5 Å². The van der Waals surface area contributed by atoms with Crippen LogP contribution in [0.15, 0.2) is 82.2 Å².